The fourth-order valence-electron chi connectivity index (χ4n) is 7.00. The lowest BCUT2D eigenvalue weighted by Crippen LogP contribution is -2.57. The lowest BCUT2D eigenvalue weighted by Gasteiger charge is -2.55. The van der Waals surface area contributed by atoms with Gasteiger partial charge in [-0.25, -0.2) is 0 Å². The second-order valence-corrected chi connectivity index (χ2v) is 12.5. The molecule has 4 saturated carbocycles. The minimum Gasteiger partial charge on any atom is -0.481 e. The molecule has 2 aromatic heterocycles. The molecule has 1 amide bonds. The third-order valence-corrected chi connectivity index (χ3v) is 10.5. The number of benzene rings is 1. The van der Waals surface area contributed by atoms with Gasteiger partial charge in [-0.15, -0.1) is 11.3 Å². The predicted octanol–water partition coefficient (Wildman–Crippen LogP) is 6.77. The number of aromatic nitrogens is 1. The number of thiophene rings is 1. The number of carbonyl (C=O) groups excluding carboxylic acids is 1. The van der Waals surface area contributed by atoms with Crippen molar-refractivity contribution >= 4 is 33.4 Å². The maximum absolute atomic E-state index is 13.8. The van der Waals surface area contributed by atoms with E-state index >= 15 is 0 Å². The third-order valence-electron chi connectivity index (χ3n) is 9.46. The van der Waals surface area contributed by atoms with Gasteiger partial charge < -0.3 is 15.0 Å². The van der Waals surface area contributed by atoms with Gasteiger partial charge in [-0.05, 0) is 87.5 Å². The van der Waals surface area contributed by atoms with E-state index in [1.165, 1.54) is 12.1 Å². The second-order valence-electron chi connectivity index (χ2n) is 11.3. The average Bonchev–Trinajstić information content (AvgIpc) is 3.46. The first-order valence-corrected chi connectivity index (χ1v) is 13.6. The molecule has 2 N–H and O–H groups in total. The highest BCUT2D eigenvalue weighted by molar-refractivity contribution is 7.19. The Morgan fingerprint density at radius 1 is 1.00 bits per heavy atom. The maximum atomic E-state index is 13.8. The maximum Gasteiger partial charge on any atom is 0.416 e. The van der Waals surface area contributed by atoms with Crippen molar-refractivity contribution < 1.29 is 27.9 Å². The Morgan fingerprint density at radius 3 is 2.16 bits per heavy atom. The second kappa shape index (κ2) is 8.09. The highest BCUT2D eigenvalue weighted by Gasteiger charge is 2.65. The standard InChI is InChI=1S/C28H29F3N2O3S/c1-17-21(22-20(37-17)6-15-33(22)16-18-2-4-19(5-3-18)28(29,30)31)23(34)32-27(13-14-27)26-10-7-25(8-11-26,9-12-26)24(35)36/h2-6,15H,7-14,16H2,1H3,(H,32,34)(H,35,36). The number of fused-ring (bicyclic) bond motifs is 4. The molecule has 0 unspecified atom stereocenters. The van der Waals surface area contributed by atoms with Gasteiger partial charge in [-0.2, -0.15) is 13.2 Å². The number of nitrogens with zero attached hydrogens (tertiary/aromatic N) is 1. The number of hydrogen-bond donors (Lipinski definition) is 2. The van der Waals surface area contributed by atoms with Crippen molar-refractivity contribution in [3.63, 3.8) is 0 Å². The van der Waals surface area contributed by atoms with Crippen LogP contribution in [0.4, 0.5) is 13.2 Å². The molecule has 5 nitrogen and oxygen atoms in total. The van der Waals surface area contributed by atoms with Crippen LogP contribution in [0, 0.1) is 17.8 Å². The number of carboxylic acids is 1. The summed E-state index contributed by atoms with van der Waals surface area (Å²) in [7, 11) is 0. The quantitative estimate of drug-likeness (QED) is 0.370. The average molecular weight is 531 g/mol. The third kappa shape index (κ3) is 3.80. The van der Waals surface area contributed by atoms with Gasteiger partial charge in [-0.3, -0.25) is 9.59 Å². The molecule has 2 heterocycles. The summed E-state index contributed by atoms with van der Waals surface area (Å²) in [5.41, 5.74) is 0.588. The fraction of sp³-hybridized carbons (Fsp3) is 0.500. The van der Waals surface area contributed by atoms with E-state index in [4.69, 9.17) is 0 Å². The monoisotopic (exact) mass is 530 g/mol. The summed E-state index contributed by atoms with van der Waals surface area (Å²) in [6.45, 7) is 2.30. The van der Waals surface area contributed by atoms with E-state index in [-0.39, 0.29) is 16.9 Å². The lowest BCUT2D eigenvalue weighted by atomic mass is 9.50. The van der Waals surface area contributed by atoms with Crippen LogP contribution in [0.25, 0.3) is 10.2 Å². The number of amides is 1. The number of hydrogen-bond acceptors (Lipinski definition) is 3. The van der Waals surface area contributed by atoms with Crippen molar-refractivity contribution in [2.24, 2.45) is 10.8 Å². The van der Waals surface area contributed by atoms with Gasteiger partial charge >= 0.3 is 12.1 Å². The van der Waals surface area contributed by atoms with Gasteiger partial charge in [0.25, 0.3) is 5.91 Å². The smallest absolute Gasteiger partial charge is 0.416 e. The topological polar surface area (TPSA) is 71.3 Å². The summed E-state index contributed by atoms with van der Waals surface area (Å²) in [4.78, 5) is 26.6. The number of carbonyl (C=O) groups is 2. The predicted molar refractivity (Wildman–Crippen MR) is 135 cm³/mol. The van der Waals surface area contributed by atoms with Gasteiger partial charge in [0.15, 0.2) is 0 Å². The van der Waals surface area contributed by atoms with E-state index in [0.717, 1.165) is 64.9 Å². The van der Waals surface area contributed by atoms with Crippen molar-refractivity contribution in [3.05, 3.63) is 58.1 Å². The van der Waals surface area contributed by atoms with Crippen LogP contribution in [-0.4, -0.2) is 27.1 Å². The Morgan fingerprint density at radius 2 is 1.62 bits per heavy atom. The van der Waals surface area contributed by atoms with Crippen LogP contribution in [0.2, 0.25) is 0 Å². The van der Waals surface area contributed by atoms with E-state index in [9.17, 15) is 27.9 Å². The van der Waals surface area contributed by atoms with Gasteiger partial charge in [0.05, 0.1) is 26.8 Å². The summed E-state index contributed by atoms with van der Waals surface area (Å²) >= 11 is 1.55. The van der Waals surface area contributed by atoms with Crippen LogP contribution in [0.5, 0.6) is 0 Å². The summed E-state index contributed by atoms with van der Waals surface area (Å²) in [5.74, 6) is -0.789. The molecule has 196 valence electrons. The van der Waals surface area contributed by atoms with Gasteiger partial charge in [0.2, 0.25) is 0 Å². The Hall–Kier alpha value is -2.81. The summed E-state index contributed by atoms with van der Waals surface area (Å²) in [5, 5.41) is 13.2. The van der Waals surface area contributed by atoms with Crippen molar-refractivity contribution in [2.45, 2.75) is 76.6 Å². The molecule has 4 fully saturated rings. The van der Waals surface area contributed by atoms with E-state index in [1.807, 2.05) is 23.8 Å². The van der Waals surface area contributed by atoms with E-state index in [0.29, 0.717) is 31.4 Å². The molecular weight excluding hydrogens is 501 g/mol. The SMILES string of the molecule is Cc1sc2ccn(Cc3ccc(C(F)(F)F)cc3)c2c1C(=O)NC1(C23CCC(C(=O)O)(CC2)CC3)CC1. The molecule has 9 heteroatoms. The largest absolute Gasteiger partial charge is 0.481 e. The first kappa shape index (κ1) is 24.5. The van der Waals surface area contributed by atoms with Crippen molar-refractivity contribution in [1.82, 2.24) is 9.88 Å². The number of nitrogens with one attached hydrogen (secondary N) is 1. The molecule has 37 heavy (non-hydrogen) atoms. The van der Waals surface area contributed by atoms with Crippen LogP contribution >= 0.6 is 11.3 Å². The van der Waals surface area contributed by atoms with Gasteiger partial charge in [0, 0.05) is 23.2 Å². The van der Waals surface area contributed by atoms with Crippen LogP contribution in [-0.2, 0) is 17.5 Å². The van der Waals surface area contributed by atoms with Crippen molar-refractivity contribution in [3.8, 4) is 0 Å². The Bertz CT molecular complexity index is 1370. The normalized spacial score (nSPS) is 26.4. The fourth-order valence-corrected chi connectivity index (χ4v) is 8.06. The van der Waals surface area contributed by atoms with E-state index in [2.05, 4.69) is 5.32 Å². The Kier molecular flexibility index (Phi) is 5.36. The summed E-state index contributed by atoms with van der Waals surface area (Å²) < 4.78 is 41.8. The van der Waals surface area contributed by atoms with Gasteiger partial charge in [0.1, 0.15) is 0 Å². The molecule has 0 atom stereocenters. The lowest BCUT2D eigenvalue weighted by molar-refractivity contribution is -0.160. The minimum atomic E-state index is -4.38. The minimum absolute atomic E-state index is 0.0366. The highest BCUT2D eigenvalue weighted by atomic mass is 32.1. The number of alkyl halides is 3. The number of halogens is 3. The number of carboxylic acid groups (broad SMARTS) is 1. The zero-order valence-electron chi connectivity index (χ0n) is 20.6. The molecule has 4 aliphatic rings. The Balaban J connectivity index is 1.25. The molecule has 0 aliphatic heterocycles. The molecule has 1 aromatic carbocycles. The molecular formula is C28H29F3N2O3S. The van der Waals surface area contributed by atoms with Gasteiger partial charge in [-0.1, -0.05) is 12.1 Å². The number of aliphatic carboxylic acids is 1. The number of rotatable bonds is 6. The van der Waals surface area contributed by atoms with E-state index < -0.39 is 23.1 Å². The zero-order valence-corrected chi connectivity index (χ0v) is 21.4. The molecule has 0 radical (unpaired) electrons. The molecule has 7 rings (SSSR count). The van der Waals surface area contributed by atoms with Crippen molar-refractivity contribution in [1.29, 1.82) is 0 Å². The van der Waals surface area contributed by atoms with Crippen LogP contribution in [0.15, 0.2) is 36.5 Å². The first-order chi connectivity index (χ1) is 17.5. The molecule has 3 aromatic rings. The van der Waals surface area contributed by atoms with Crippen molar-refractivity contribution in [2.75, 3.05) is 0 Å². The molecule has 2 bridgehead atoms. The van der Waals surface area contributed by atoms with E-state index in [1.54, 1.807) is 11.3 Å². The summed E-state index contributed by atoms with van der Waals surface area (Å²) in [6, 6.07) is 7.09. The zero-order chi connectivity index (χ0) is 26.2. The molecule has 0 saturated heterocycles. The highest BCUT2D eigenvalue weighted by Crippen LogP contribution is 2.66. The van der Waals surface area contributed by atoms with Crippen LogP contribution in [0.3, 0.4) is 0 Å². The number of aryl methyl sites for hydroxylation is 1. The first-order valence-electron chi connectivity index (χ1n) is 12.8. The molecule has 4 aliphatic carbocycles. The Labute approximate surface area is 216 Å². The summed E-state index contributed by atoms with van der Waals surface area (Å²) in [6.07, 6.45) is 3.88. The van der Waals surface area contributed by atoms with Crippen LogP contribution < -0.4 is 5.32 Å². The van der Waals surface area contributed by atoms with Crippen LogP contribution in [0.1, 0.15) is 77.7 Å². The molecule has 0 spiro atoms.